The van der Waals surface area contributed by atoms with Gasteiger partial charge in [-0.25, -0.2) is 0 Å². The van der Waals surface area contributed by atoms with E-state index in [2.05, 4.69) is 0 Å². The van der Waals surface area contributed by atoms with E-state index < -0.39 is 16.4 Å². The molecular weight excluding hydrogens is 256 g/mol. The van der Waals surface area contributed by atoms with Crippen molar-refractivity contribution in [3.8, 4) is 0 Å². The topological polar surface area (TPSA) is 37.3 Å². The van der Waals surface area contributed by atoms with Crippen molar-refractivity contribution in [2.45, 2.75) is 28.6 Å². The maximum Gasteiger partial charge on any atom is 0.104 e. The highest BCUT2D eigenvalue weighted by Gasteiger charge is 2.50. The fourth-order valence-electron chi connectivity index (χ4n) is 2.60. The summed E-state index contributed by atoms with van der Waals surface area (Å²) < 4.78 is 12.6. The second kappa shape index (κ2) is 4.91. The van der Waals surface area contributed by atoms with Crippen LogP contribution < -0.4 is 0 Å². The maximum atomic E-state index is 12.6. The van der Waals surface area contributed by atoms with E-state index in [1.165, 1.54) is 0 Å². The summed E-state index contributed by atoms with van der Waals surface area (Å²) >= 11 is 0. The molecule has 19 heavy (non-hydrogen) atoms. The predicted octanol–water partition coefficient (Wildman–Crippen LogP) is 2.84. The van der Waals surface area contributed by atoms with Crippen LogP contribution in [-0.2, 0) is 16.4 Å². The van der Waals surface area contributed by atoms with Crippen LogP contribution in [-0.4, -0.2) is 14.6 Å². The monoisotopic (exact) mass is 272 g/mol. The quantitative estimate of drug-likeness (QED) is 0.933. The lowest BCUT2D eigenvalue weighted by Crippen LogP contribution is -2.51. The van der Waals surface area contributed by atoms with Gasteiger partial charge in [0.25, 0.3) is 0 Å². The summed E-state index contributed by atoms with van der Waals surface area (Å²) in [5.41, 5.74) is -0.0716. The zero-order valence-corrected chi connectivity index (χ0v) is 11.3. The van der Waals surface area contributed by atoms with E-state index in [1.807, 2.05) is 60.7 Å². The Hall–Kier alpha value is -1.45. The molecule has 3 rings (SSSR count). The van der Waals surface area contributed by atoms with Crippen molar-refractivity contribution in [3.63, 3.8) is 0 Å². The molecule has 2 nitrogen and oxygen atoms in total. The molecule has 0 spiro atoms. The van der Waals surface area contributed by atoms with Crippen LogP contribution in [0, 0.1) is 0 Å². The Balaban J connectivity index is 1.89. The number of aliphatic hydroxyl groups is 1. The third kappa shape index (κ3) is 2.13. The van der Waals surface area contributed by atoms with E-state index in [0.29, 0.717) is 6.42 Å². The Kier molecular flexibility index (Phi) is 3.25. The average Bonchev–Trinajstić information content (AvgIpc) is 2.47. The Bertz CT molecular complexity index is 582. The number of benzene rings is 2. The molecule has 0 unspecified atom stereocenters. The maximum absolute atomic E-state index is 12.6. The smallest absolute Gasteiger partial charge is 0.104 e. The van der Waals surface area contributed by atoms with Gasteiger partial charge in [-0.15, -0.1) is 0 Å². The Morgan fingerprint density at radius 2 is 1.58 bits per heavy atom. The molecule has 2 aromatic carbocycles. The minimum absolute atomic E-state index is 0.211. The van der Waals surface area contributed by atoms with Gasteiger partial charge in [-0.05, 0) is 30.5 Å². The van der Waals surface area contributed by atoms with Gasteiger partial charge in [0.1, 0.15) is 5.60 Å². The van der Waals surface area contributed by atoms with E-state index in [1.54, 1.807) is 0 Å². The summed E-state index contributed by atoms with van der Waals surface area (Å²) in [6, 6.07) is 19.0. The van der Waals surface area contributed by atoms with Crippen LogP contribution >= 0.6 is 0 Å². The molecule has 0 radical (unpaired) electrons. The van der Waals surface area contributed by atoms with Crippen molar-refractivity contribution < 1.29 is 9.32 Å². The normalized spacial score (nSPS) is 27.5. The van der Waals surface area contributed by atoms with Crippen LogP contribution in [0.2, 0.25) is 0 Å². The summed E-state index contributed by atoms with van der Waals surface area (Å²) in [5, 5.41) is 10.6. The molecule has 0 saturated heterocycles. The minimum Gasteiger partial charge on any atom is -0.384 e. The molecule has 0 heterocycles. The van der Waals surface area contributed by atoms with Crippen molar-refractivity contribution in [2.75, 3.05) is 0 Å². The largest absolute Gasteiger partial charge is 0.384 e. The van der Waals surface area contributed by atoms with Gasteiger partial charge in [0.05, 0.1) is 16.0 Å². The molecule has 2 aromatic rings. The highest BCUT2D eigenvalue weighted by atomic mass is 32.2. The highest BCUT2D eigenvalue weighted by Crippen LogP contribution is 2.45. The zero-order chi connectivity index (χ0) is 13.3. The van der Waals surface area contributed by atoms with Crippen molar-refractivity contribution in [3.05, 3.63) is 66.2 Å². The molecule has 0 aromatic heterocycles. The van der Waals surface area contributed by atoms with E-state index in [0.717, 1.165) is 16.9 Å². The lowest BCUT2D eigenvalue weighted by Gasteiger charge is -2.45. The van der Waals surface area contributed by atoms with Crippen LogP contribution in [0.15, 0.2) is 65.6 Å². The van der Waals surface area contributed by atoms with Gasteiger partial charge in [-0.3, -0.25) is 4.21 Å². The van der Waals surface area contributed by atoms with Crippen LogP contribution in [0.1, 0.15) is 18.4 Å². The van der Waals surface area contributed by atoms with Crippen molar-refractivity contribution in [1.82, 2.24) is 0 Å². The fourth-order valence-corrected chi connectivity index (χ4v) is 4.29. The summed E-state index contributed by atoms with van der Waals surface area (Å²) in [5.74, 6) is 0. The Labute approximate surface area is 115 Å². The fraction of sp³-hybridized carbons (Fsp3) is 0.250. The molecule has 1 aliphatic carbocycles. The Morgan fingerprint density at radius 1 is 1.00 bits per heavy atom. The van der Waals surface area contributed by atoms with E-state index in [4.69, 9.17) is 0 Å². The van der Waals surface area contributed by atoms with Gasteiger partial charge in [0.2, 0.25) is 0 Å². The zero-order valence-electron chi connectivity index (χ0n) is 10.5. The number of hydrogen-bond donors (Lipinski definition) is 1. The first-order valence-corrected chi connectivity index (χ1v) is 7.66. The third-order valence-corrected chi connectivity index (χ3v) is 5.71. The van der Waals surface area contributed by atoms with E-state index in [-0.39, 0.29) is 5.25 Å². The summed E-state index contributed by atoms with van der Waals surface area (Å²) in [6.07, 6.45) is 1.48. The third-order valence-electron chi connectivity index (χ3n) is 3.83. The molecule has 3 atom stereocenters. The standard InChI is InChI=1S/C16H16O2S/c17-16(13-7-3-1-4-8-13)12-11-15(16)19(18)14-9-5-2-6-10-14/h1-10,15,17H,11-12H2/t15-,16-,19+/m1/s1. The van der Waals surface area contributed by atoms with Crippen LogP contribution in [0.25, 0.3) is 0 Å². The minimum atomic E-state index is -1.16. The second-order valence-corrected chi connectivity index (χ2v) is 6.56. The number of rotatable bonds is 3. The first-order chi connectivity index (χ1) is 9.22. The van der Waals surface area contributed by atoms with Gasteiger partial charge in [0, 0.05) is 4.90 Å². The van der Waals surface area contributed by atoms with Gasteiger partial charge in [-0.1, -0.05) is 48.5 Å². The highest BCUT2D eigenvalue weighted by molar-refractivity contribution is 7.85. The van der Waals surface area contributed by atoms with E-state index in [9.17, 15) is 9.32 Å². The van der Waals surface area contributed by atoms with Crippen molar-refractivity contribution in [2.24, 2.45) is 0 Å². The molecule has 0 aliphatic heterocycles. The van der Waals surface area contributed by atoms with Crippen LogP contribution in [0.4, 0.5) is 0 Å². The molecular formula is C16H16O2S. The summed E-state index contributed by atoms with van der Waals surface area (Å²) in [6.45, 7) is 0. The molecule has 1 saturated carbocycles. The Morgan fingerprint density at radius 3 is 2.11 bits per heavy atom. The molecule has 1 aliphatic rings. The van der Waals surface area contributed by atoms with Gasteiger partial charge in [-0.2, -0.15) is 0 Å². The first kappa shape index (κ1) is 12.6. The molecule has 98 valence electrons. The molecule has 1 fully saturated rings. The van der Waals surface area contributed by atoms with E-state index >= 15 is 0 Å². The molecule has 3 heteroatoms. The van der Waals surface area contributed by atoms with Crippen LogP contribution in [0.3, 0.4) is 0 Å². The summed E-state index contributed by atoms with van der Waals surface area (Å²) in [4.78, 5) is 0.793. The van der Waals surface area contributed by atoms with Crippen LogP contribution in [0.5, 0.6) is 0 Å². The summed E-state index contributed by atoms with van der Waals surface area (Å²) in [7, 11) is -1.16. The van der Waals surface area contributed by atoms with Gasteiger partial charge < -0.3 is 5.11 Å². The SMILES string of the molecule is O=[S@@](c1ccccc1)[C@@H]1CC[C@@]1(O)c1ccccc1. The predicted molar refractivity (Wildman–Crippen MR) is 76.2 cm³/mol. The van der Waals surface area contributed by atoms with Gasteiger partial charge >= 0.3 is 0 Å². The average molecular weight is 272 g/mol. The molecule has 0 bridgehead atoms. The number of hydrogen-bond acceptors (Lipinski definition) is 2. The first-order valence-electron chi connectivity index (χ1n) is 6.45. The van der Waals surface area contributed by atoms with Gasteiger partial charge in [0.15, 0.2) is 0 Å². The lowest BCUT2D eigenvalue weighted by atomic mass is 9.74. The van der Waals surface area contributed by atoms with Crippen molar-refractivity contribution in [1.29, 1.82) is 0 Å². The molecule has 1 N–H and O–H groups in total. The molecule has 0 amide bonds. The second-order valence-electron chi connectivity index (χ2n) is 4.93. The lowest BCUT2D eigenvalue weighted by molar-refractivity contribution is -0.0320. The van der Waals surface area contributed by atoms with Crippen molar-refractivity contribution >= 4 is 10.8 Å².